The van der Waals surface area contributed by atoms with E-state index in [1.54, 1.807) is 25.2 Å². The van der Waals surface area contributed by atoms with Crippen LogP contribution in [0.2, 0.25) is 0 Å². The van der Waals surface area contributed by atoms with E-state index in [9.17, 15) is 9.59 Å². The number of nitrogens with one attached hydrogen (secondary N) is 2. The molecular weight excluding hydrogens is 422 g/mol. The van der Waals surface area contributed by atoms with Crippen LogP contribution >= 0.6 is 0 Å². The van der Waals surface area contributed by atoms with Gasteiger partial charge in [0.05, 0.1) is 35.9 Å². The Morgan fingerprint density at radius 3 is 2.82 bits per heavy atom. The minimum Gasteiger partial charge on any atom is -0.368 e. The molecule has 0 aromatic carbocycles. The van der Waals surface area contributed by atoms with Gasteiger partial charge in [0.25, 0.3) is 5.91 Å². The lowest BCUT2D eigenvalue weighted by Gasteiger charge is -2.40. The van der Waals surface area contributed by atoms with E-state index in [4.69, 9.17) is 5.73 Å². The van der Waals surface area contributed by atoms with E-state index in [0.29, 0.717) is 24.6 Å². The zero-order chi connectivity index (χ0) is 23.5. The normalized spacial score (nSPS) is 17.9. The molecule has 2 aromatic rings. The number of piperidine rings is 1. The van der Waals surface area contributed by atoms with Gasteiger partial charge >= 0.3 is 6.03 Å². The van der Waals surface area contributed by atoms with Gasteiger partial charge in [0.2, 0.25) is 0 Å². The summed E-state index contributed by atoms with van der Waals surface area (Å²) in [5.74, 6) is 0.0559. The SMILES string of the molecule is CCN(C(=O)N(C)C)[C@@H]1CCCN(c2cnc(C(N)=O)c(Nc3cc4n(n3)CCNC4)c2)C1. The average molecular weight is 456 g/mol. The third kappa shape index (κ3) is 4.87. The largest absolute Gasteiger partial charge is 0.368 e. The Hall–Kier alpha value is -3.34. The molecule has 0 bridgehead atoms. The highest BCUT2D eigenvalue weighted by Crippen LogP contribution is 2.28. The van der Waals surface area contributed by atoms with Gasteiger partial charge in [-0.1, -0.05) is 0 Å². The minimum absolute atomic E-state index is 0.0205. The quantitative estimate of drug-likeness (QED) is 0.598. The molecule has 2 aliphatic heterocycles. The van der Waals surface area contributed by atoms with E-state index >= 15 is 0 Å². The number of anilines is 3. The molecule has 1 atom stereocenters. The van der Waals surface area contributed by atoms with Crippen molar-refractivity contribution in [2.45, 2.75) is 38.9 Å². The number of pyridine rings is 1. The van der Waals surface area contributed by atoms with Crippen molar-refractivity contribution in [3.05, 3.63) is 29.7 Å². The summed E-state index contributed by atoms with van der Waals surface area (Å²) in [5, 5.41) is 11.2. The molecule has 4 rings (SSSR count). The number of aromatic nitrogens is 3. The van der Waals surface area contributed by atoms with E-state index in [1.807, 2.05) is 28.6 Å². The number of likely N-dealkylation sites (N-methyl/N-ethyl adjacent to an activating group) is 1. The minimum atomic E-state index is -0.597. The molecule has 4 N–H and O–H groups in total. The third-order valence-corrected chi connectivity index (χ3v) is 6.21. The number of rotatable bonds is 6. The van der Waals surface area contributed by atoms with Crippen molar-refractivity contribution in [3.8, 4) is 0 Å². The Bertz CT molecular complexity index is 996. The number of amides is 3. The van der Waals surface area contributed by atoms with Gasteiger partial charge in [-0.3, -0.25) is 9.48 Å². The van der Waals surface area contributed by atoms with Crippen molar-refractivity contribution in [3.63, 3.8) is 0 Å². The predicted molar refractivity (Wildman–Crippen MR) is 127 cm³/mol. The van der Waals surface area contributed by atoms with Crippen LogP contribution in [0.4, 0.5) is 22.0 Å². The summed E-state index contributed by atoms with van der Waals surface area (Å²) in [4.78, 5) is 34.8. The van der Waals surface area contributed by atoms with E-state index < -0.39 is 5.91 Å². The number of nitrogens with two attached hydrogens (primary N) is 1. The zero-order valence-corrected chi connectivity index (χ0v) is 19.5. The van der Waals surface area contributed by atoms with Crippen LogP contribution in [0.5, 0.6) is 0 Å². The Labute approximate surface area is 193 Å². The van der Waals surface area contributed by atoms with Crippen molar-refractivity contribution in [1.29, 1.82) is 0 Å². The standard InChI is InChI=1S/C22H33N9O2/c1-4-30(22(33)28(2)3)15-6-5-8-29(14-15)16-10-18(20(21(23)32)25-13-16)26-19-11-17-12-24-7-9-31(17)27-19/h10-11,13,15,24H,4-9,12,14H2,1-3H3,(H2,23,32)(H,26,27)/t15-/m1/s1. The molecule has 2 aliphatic rings. The summed E-state index contributed by atoms with van der Waals surface area (Å²) in [5.41, 5.74) is 8.26. The number of hydrogen-bond donors (Lipinski definition) is 3. The van der Waals surface area contributed by atoms with Gasteiger partial charge < -0.3 is 31.1 Å². The first-order chi connectivity index (χ1) is 15.9. The first-order valence-corrected chi connectivity index (χ1v) is 11.4. The Kier molecular flexibility index (Phi) is 6.68. The number of primary amides is 1. The second-order valence-corrected chi connectivity index (χ2v) is 8.70. The fourth-order valence-electron chi connectivity index (χ4n) is 4.56. The number of carbonyl (C=O) groups excluding carboxylic acids is 2. The topological polar surface area (TPSA) is 125 Å². The van der Waals surface area contributed by atoms with Crippen molar-refractivity contribution >= 4 is 29.1 Å². The molecular formula is C22H33N9O2. The Morgan fingerprint density at radius 2 is 2.12 bits per heavy atom. The van der Waals surface area contributed by atoms with Crippen molar-refractivity contribution in [2.24, 2.45) is 5.73 Å². The second-order valence-electron chi connectivity index (χ2n) is 8.70. The van der Waals surface area contributed by atoms with Crippen LogP contribution in [0.25, 0.3) is 0 Å². The zero-order valence-electron chi connectivity index (χ0n) is 19.5. The maximum absolute atomic E-state index is 12.6. The van der Waals surface area contributed by atoms with Crippen LogP contribution in [-0.2, 0) is 13.1 Å². The number of urea groups is 1. The van der Waals surface area contributed by atoms with Gasteiger partial charge in [0.1, 0.15) is 0 Å². The van der Waals surface area contributed by atoms with Gasteiger partial charge in [-0.25, -0.2) is 9.78 Å². The molecule has 0 saturated carbocycles. The predicted octanol–water partition coefficient (Wildman–Crippen LogP) is 1.20. The summed E-state index contributed by atoms with van der Waals surface area (Å²) in [6.07, 6.45) is 3.60. The van der Waals surface area contributed by atoms with E-state index in [1.165, 1.54) is 0 Å². The molecule has 0 aliphatic carbocycles. The number of hydrogen-bond acceptors (Lipinski definition) is 7. The van der Waals surface area contributed by atoms with Gasteiger partial charge in [-0.2, -0.15) is 5.10 Å². The van der Waals surface area contributed by atoms with Gasteiger partial charge in [-0.05, 0) is 25.8 Å². The van der Waals surface area contributed by atoms with Crippen LogP contribution in [0.15, 0.2) is 18.3 Å². The van der Waals surface area contributed by atoms with Crippen LogP contribution in [0.3, 0.4) is 0 Å². The molecule has 1 saturated heterocycles. The van der Waals surface area contributed by atoms with Crippen LogP contribution in [0, 0.1) is 0 Å². The molecule has 11 heteroatoms. The maximum Gasteiger partial charge on any atom is 0.319 e. The van der Waals surface area contributed by atoms with Crippen LogP contribution < -0.4 is 21.3 Å². The van der Waals surface area contributed by atoms with Crippen LogP contribution in [0.1, 0.15) is 35.9 Å². The molecule has 0 radical (unpaired) electrons. The highest BCUT2D eigenvalue weighted by atomic mass is 16.2. The van der Waals surface area contributed by atoms with Crippen molar-refractivity contribution in [1.82, 2.24) is 29.9 Å². The molecule has 3 amide bonds. The molecule has 11 nitrogen and oxygen atoms in total. The monoisotopic (exact) mass is 455 g/mol. The molecule has 178 valence electrons. The Balaban J connectivity index is 1.57. The Morgan fingerprint density at radius 1 is 1.30 bits per heavy atom. The summed E-state index contributed by atoms with van der Waals surface area (Å²) in [6, 6.07) is 3.99. The lowest BCUT2D eigenvalue weighted by molar-refractivity contribution is 0.0996. The highest BCUT2D eigenvalue weighted by Gasteiger charge is 2.29. The fourth-order valence-corrected chi connectivity index (χ4v) is 4.56. The molecule has 1 fully saturated rings. The summed E-state index contributed by atoms with van der Waals surface area (Å²) in [6.45, 7) is 6.64. The molecule has 0 spiro atoms. The first kappa shape index (κ1) is 22.8. The van der Waals surface area contributed by atoms with Gasteiger partial charge in [0.15, 0.2) is 11.5 Å². The van der Waals surface area contributed by atoms with Gasteiger partial charge in [0, 0.05) is 52.9 Å². The molecule has 2 aromatic heterocycles. The lowest BCUT2D eigenvalue weighted by atomic mass is 10.0. The van der Waals surface area contributed by atoms with Gasteiger partial charge in [-0.15, -0.1) is 0 Å². The molecule has 0 unspecified atom stereocenters. The van der Waals surface area contributed by atoms with E-state index in [0.717, 1.165) is 50.4 Å². The van der Waals surface area contributed by atoms with E-state index in [2.05, 4.69) is 25.6 Å². The first-order valence-electron chi connectivity index (χ1n) is 11.4. The summed E-state index contributed by atoms with van der Waals surface area (Å²) in [7, 11) is 3.56. The fraction of sp³-hybridized carbons (Fsp3) is 0.545. The van der Waals surface area contributed by atoms with Crippen LogP contribution in [-0.4, -0.2) is 82.8 Å². The lowest BCUT2D eigenvalue weighted by Crippen LogP contribution is -2.52. The molecule has 4 heterocycles. The van der Waals surface area contributed by atoms with Crippen molar-refractivity contribution < 1.29 is 9.59 Å². The highest BCUT2D eigenvalue weighted by molar-refractivity contribution is 5.97. The maximum atomic E-state index is 12.6. The number of nitrogens with zero attached hydrogens (tertiary/aromatic N) is 6. The molecule has 33 heavy (non-hydrogen) atoms. The smallest absolute Gasteiger partial charge is 0.319 e. The van der Waals surface area contributed by atoms with E-state index in [-0.39, 0.29) is 17.8 Å². The average Bonchev–Trinajstić information content (AvgIpc) is 3.21. The van der Waals surface area contributed by atoms with Crippen molar-refractivity contribution in [2.75, 3.05) is 50.5 Å². The number of fused-ring (bicyclic) bond motifs is 1. The summed E-state index contributed by atoms with van der Waals surface area (Å²) < 4.78 is 1.95. The third-order valence-electron chi connectivity index (χ3n) is 6.21. The summed E-state index contributed by atoms with van der Waals surface area (Å²) >= 11 is 0. The second kappa shape index (κ2) is 9.65. The number of carbonyl (C=O) groups is 2.